The maximum absolute atomic E-state index is 12.3. The molecule has 3 rings (SSSR count). The number of Topliss-reactive ketones (excluding diaryl/α,β-unsaturated/α-hetero) is 1. The first-order valence-corrected chi connectivity index (χ1v) is 5.71. The lowest BCUT2D eigenvalue weighted by molar-refractivity contribution is 0.0676. The highest BCUT2D eigenvalue weighted by molar-refractivity contribution is 6.04. The van der Waals surface area contributed by atoms with Gasteiger partial charge in [-0.05, 0) is 30.9 Å². The van der Waals surface area contributed by atoms with Gasteiger partial charge in [-0.2, -0.15) is 0 Å². The molecule has 3 heteroatoms. The maximum Gasteiger partial charge on any atom is 0.177 e. The van der Waals surface area contributed by atoms with Crippen molar-refractivity contribution in [2.45, 2.75) is 25.9 Å². The number of hydrogen-bond donors (Lipinski definition) is 1. The molecule has 1 aliphatic carbocycles. The molecule has 1 aliphatic heterocycles. The predicted molar refractivity (Wildman–Crippen MR) is 58.7 cm³/mol. The van der Waals surface area contributed by atoms with E-state index in [1.54, 1.807) is 18.2 Å². The number of hydrogen-bond acceptors (Lipinski definition) is 3. The molecule has 1 saturated carbocycles. The summed E-state index contributed by atoms with van der Waals surface area (Å²) in [5.41, 5.74) is 0.373. The Balaban J connectivity index is 2.11. The fourth-order valence-electron chi connectivity index (χ4n) is 2.91. The summed E-state index contributed by atoms with van der Waals surface area (Å²) in [6, 6.07) is 5.01. The summed E-state index contributed by atoms with van der Waals surface area (Å²) in [5, 5.41) is 9.73. The summed E-state index contributed by atoms with van der Waals surface area (Å²) in [6.07, 6.45) is 1.97. The summed E-state index contributed by atoms with van der Waals surface area (Å²) < 4.78 is 5.80. The largest absolute Gasteiger partial charge is 0.507 e. The van der Waals surface area contributed by atoms with E-state index in [2.05, 4.69) is 6.92 Å². The van der Waals surface area contributed by atoms with E-state index in [1.165, 1.54) is 0 Å². The Kier molecular flexibility index (Phi) is 1.96. The SMILES string of the molecule is C[C@H]1CC[C@H]2Oc3cccc(O)c3C(=O)[C@@H]12. The van der Waals surface area contributed by atoms with Crippen molar-refractivity contribution in [1.29, 1.82) is 0 Å². The molecule has 0 radical (unpaired) electrons. The maximum atomic E-state index is 12.3. The zero-order valence-corrected chi connectivity index (χ0v) is 9.14. The van der Waals surface area contributed by atoms with Crippen LogP contribution in [0.25, 0.3) is 0 Å². The van der Waals surface area contributed by atoms with Gasteiger partial charge in [-0.25, -0.2) is 0 Å². The third-order valence-corrected chi connectivity index (χ3v) is 3.75. The lowest BCUT2D eigenvalue weighted by Gasteiger charge is -2.29. The van der Waals surface area contributed by atoms with Crippen LogP contribution >= 0.6 is 0 Å². The average molecular weight is 218 g/mol. The van der Waals surface area contributed by atoms with Crippen molar-refractivity contribution in [3.05, 3.63) is 23.8 Å². The van der Waals surface area contributed by atoms with Crippen molar-refractivity contribution in [2.24, 2.45) is 11.8 Å². The summed E-state index contributed by atoms with van der Waals surface area (Å²) >= 11 is 0. The van der Waals surface area contributed by atoms with Crippen LogP contribution in [0.3, 0.4) is 0 Å². The van der Waals surface area contributed by atoms with Crippen LogP contribution < -0.4 is 4.74 Å². The second kappa shape index (κ2) is 3.24. The first-order chi connectivity index (χ1) is 7.68. The lowest BCUT2D eigenvalue weighted by atomic mass is 9.85. The number of fused-ring (bicyclic) bond motifs is 2. The molecule has 16 heavy (non-hydrogen) atoms. The molecule has 1 aromatic rings. The minimum absolute atomic E-state index is 0.0109. The van der Waals surface area contributed by atoms with E-state index in [0.29, 0.717) is 17.2 Å². The van der Waals surface area contributed by atoms with E-state index in [-0.39, 0.29) is 23.6 Å². The summed E-state index contributed by atoms with van der Waals surface area (Å²) in [5.74, 6) is 0.917. The van der Waals surface area contributed by atoms with Gasteiger partial charge in [0.1, 0.15) is 23.2 Å². The first-order valence-electron chi connectivity index (χ1n) is 5.71. The molecule has 84 valence electrons. The number of ketones is 1. The van der Waals surface area contributed by atoms with Gasteiger partial charge >= 0.3 is 0 Å². The van der Waals surface area contributed by atoms with E-state index in [1.807, 2.05) is 0 Å². The highest BCUT2D eigenvalue weighted by Gasteiger charge is 2.45. The van der Waals surface area contributed by atoms with Crippen LogP contribution in [0.2, 0.25) is 0 Å². The normalized spacial score (nSPS) is 31.8. The molecule has 0 bridgehead atoms. The molecule has 0 unspecified atom stereocenters. The quantitative estimate of drug-likeness (QED) is 0.727. The Hall–Kier alpha value is -1.51. The highest BCUT2D eigenvalue weighted by Crippen LogP contribution is 2.44. The van der Waals surface area contributed by atoms with Gasteiger partial charge < -0.3 is 9.84 Å². The third-order valence-electron chi connectivity index (χ3n) is 3.75. The number of carbonyl (C=O) groups is 1. The van der Waals surface area contributed by atoms with E-state index >= 15 is 0 Å². The van der Waals surface area contributed by atoms with Crippen LogP contribution in [0, 0.1) is 11.8 Å². The molecule has 0 aromatic heterocycles. The first kappa shape index (κ1) is 9.70. The van der Waals surface area contributed by atoms with Crippen molar-refractivity contribution < 1.29 is 14.6 Å². The van der Waals surface area contributed by atoms with Crippen molar-refractivity contribution in [3.63, 3.8) is 0 Å². The zero-order valence-electron chi connectivity index (χ0n) is 9.14. The molecule has 1 fully saturated rings. The van der Waals surface area contributed by atoms with E-state index < -0.39 is 0 Å². The van der Waals surface area contributed by atoms with E-state index in [0.717, 1.165) is 12.8 Å². The Morgan fingerprint density at radius 1 is 1.38 bits per heavy atom. The molecule has 1 aromatic carbocycles. The molecule has 2 aliphatic rings. The van der Waals surface area contributed by atoms with Gasteiger partial charge in [0.15, 0.2) is 5.78 Å². The smallest absolute Gasteiger partial charge is 0.177 e. The van der Waals surface area contributed by atoms with Gasteiger partial charge in [0, 0.05) is 0 Å². The van der Waals surface area contributed by atoms with Gasteiger partial charge in [0.05, 0.1) is 5.92 Å². The molecular weight excluding hydrogens is 204 g/mol. The molecule has 0 amide bonds. The second-order valence-corrected chi connectivity index (χ2v) is 4.75. The Bertz CT molecular complexity index is 452. The number of phenols is 1. The van der Waals surface area contributed by atoms with E-state index in [9.17, 15) is 9.90 Å². The highest BCUT2D eigenvalue weighted by atomic mass is 16.5. The zero-order chi connectivity index (χ0) is 11.3. The standard InChI is InChI=1S/C13H14O3/c1-7-5-6-10-11(7)13(15)12-8(14)3-2-4-9(12)16-10/h2-4,7,10-11,14H,5-6H2,1H3/t7-,10+,11-/m0/s1. The van der Waals surface area contributed by atoms with Crippen molar-refractivity contribution >= 4 is 5.78 Å². The van der Waals surface area contributed by atoms with E-state index in [4.69, 9.17) is 4.74 Å². The van der Waals surface area contributed by atoms with Crippen molar-refractivity contribution in [3.8, 4) is 11.5 Å². The Morgan fingerprint density at radius 3 is 3.00 bits per heavy atom. The molecule has 3 atom stereocenters. The fourth-order valence-corrected chi connectivity index (χ4v) is 2.91. The summed E-state index contributed by atoms with van der Waals surface area (Å²) in [7, 11) is 0. The van der Waals surface area contributed by atoms with Gasteiger partial charge in [0.2, 0.25) is 0 Å². The van der Waals surface area contributed by atoms with Crippen LogP contribution in [-0.2, 0) is 0 Å². The number of rotatable bonds is 0. The van der Waals surface area contributed by atoms with Gasteiger partial charge in [-0.15, -0.1) is 0 Å². The topological polar surface area (TPSA) is 46.5 Å². The second-order valence-electron chi connectivity index (χ2n) is 4.75. The third kappa shape index (κ3) is 1.17. The van der Waals surface area contributed by atoms with Crippen LogP contribution in [0.1, 0.15) is 30.1 Å². The predicted octanol–water partition coefficient (Wildman–Crippen LogP) is 2.38. The molecule has 0 spiro atoms. The monoisotopic (exact) mass is 218 g/mol. The number of benzene rings is 1. The minimum Gasteiger partial charge on any atom is -0.507 e. The van der Waals surface area contributed by atoms with Gasteiger partial charge in [-0.3, -0.25) is 4.79 Å². The molecule has 0 saturated heterocycles. The summed E-state index contributed by atoms with van der Waals surface area (Å²) in [6.45, 7) is 2.08. The molecule has 3 nitrogen and oxygen atoms in total. The molecule has 1 N–H and O–H groups in total. The van der Waals surface area contributed by atoms with Crippen molar-refractivity contribution in [2.75, 3.05) is 0 Å². The Morgan fingerprint density at radius 2 is 2.19 bits per heavy atom. The van der Waals surface area contributed by atoms with Crippen LogP contribution in [0.15, 0.2) is 18.2 Å². The number of phenolic OH excluding ortho intramolecular Hbond substituents is 1. The minimum atomic E-state index is -0.0687. The molecule has 1 heterocycles. The average Bonchev–Trinajstić information content (AvgIpc) is 2.60. The van der Waals surface area contributed by atoms with Gasteiger partial charge in [-0.1, -0.05) is 13.0 Å². The number of carbonyl (C=O) groups excluding carboxylic acids is 1. The van der Waals surface area contributed by atoms with Crippen LogP contribution in [0.5, 0.6) is 11.5 Å². The molecular formula is C13H14O3. The number of ether oxygens (including phenoxy) is 1. The van der Waals surface area contributed by atoms with Crippen LogP contribution in [-0.4, -0.2) is 17.0 Å². The van der Waals surface area contributed by atoms with Crippen LogP contribution in [0.4, 0.5) is 0 Å². The fraction of sp³-hybridized carbons (Fsp3) is 0.462. The summed E-state index contributed by atoms with van der Waals surface area (Å²) in [4.78, 5) is 12.3. The lowest BCUT2D eigenvalue weighted by Crippen LogP contribution is -2.36. The Labute approximate surface area is 94.0 Å². The van der Waals surface area contributed by atoms with Crippen molar-refractivity contribution in [1.82, 2.24) is 0 Å². The van der Waals surface area contributed by atoms with Gasteiger partial charge in [0.25, 0.3) is 0 Å². The number of aromatic hydroxyl groups is 1.